The van der Waals surface area contributed by atoms with E-state index in [0.717, 1.165) is 16.9 Å². The van der Waals surface area contributed by atoms with Crippen LogP contribution in [-0.2, 0) is 27.3 Å². The van der Waals surface area contributed by atoms with Crippen molar-refractivity contribution < 1.29 is 23.5 Å². The molecular formula is C20H22FNO4. The third kappa shape index (κ3) is 6.20. The van der Waals surface area contributed by atoms with Crippen molar-refractivity contribution in [3.63, 3.8) is 0 Å². The number of hydrogen-bond donors (Lipinski definition) is 1. The fourth-order valence-electron chi connectivity index (χ4n) is 2.28. The monoisotopic (exact) mass is 359 g/mol. The molecule has 26 heavy (non-hydrogen) atoms. The largest absolute Gasteiger partial charge is 0.497 e. The van der Waals surface area contributed by atoms with E-state index in [1.165, 1.54) is 19.1 Å². The fraction of sp³-hybridized carbons (Fsp3) is 0.300. The van der Waals surface area contributed by atoms with Gasteiger partial charge in [0.25, 0.3) is 5.91 Å². The number of aryl methyl sites for hydroxylation is 1. The standard InChI is InChI=1S/C20H22FNO4/c1-14(20(24)22-13-16-5-10-18(25-2)11-6-16)26-19(23)12-7-15-3-8-17(21)9-4-15/h3-6,8-11,14H,7,12-13H2,1-2H3,(H,22,24)/t14-/m0/s1. The van der Waals surface area contributed by atoms with Crippen LogP contribution in [0.15, 0.2) is 48.5 Å². The summed E-state index contributed by atoms with van der Waals surface area (Å²) in [4.78, 5) is 23.9. The van der Waals surface area contributed by atoms with Gasteiger partial charge in [-0.25, -0.2) is 4.39 Å². The summed E-state index contributed by atoms with van der Waals surface area (Å²) in [6, 6.07) is 13.2. The van der Waals surface area contributed by atoms with Crippen LogP contribution in [0, 0.1) is 5.82 Å². The van der Waals surface area contributed by atoms with Crippen LogP contribution in [0.5, 0.6) is 5.75 Å². The van der Waals surface area contributed by atoms with Gasteiger partial charge in [0.15, 0.2) is 6.10 Å². The molecule has 138 valence electrons. The smallest absolute Gasteiger partial charge is 0.306 e. The Morgan fingerprint density at radius 2 is 1.65 bits per heavy atom. The van der Waals surface area contributed by atoms with E-state index >= 15 is 0 Å². The van der Waals surface area contributed by atoms with E-state index in [-0.39, 0.29) is 18.1 Å². The third-order valence-electron chi connectivity index (χ3n) is 3.83. The minimum atomic E-state index is -0.881. The molecule has 1 amide bonds. The van der Waals surface area contributed by atoms with Crippen LogP contribution in [0.1, 0.15) is 24.5 Å². The molecule has 0 unspecified atom stereocenters. The maximum Gasteiger partial charge on any atom is 0.306 e. The van der Waals surface area contributed by atoms with E-state index in [4.69, 9.17) is 9.47 Å². The molecule has 0 saturated heterocycles. The molecule has 0 aliphatic heterocycles. The van der Waals surface area contributed by atoms with Crippen molar-refractivity contribution in [3.8, 4) is 5.75 Å². The van der Waals surface area contributed by atoms with Gasteiger partial charge in [-0.3, -0.25) is 9.59 Å². The Hall–Kier alpha value is -2.89. The van der Waals surface area contributed by atoms with Crippen molar-refractivity contribution >= 4 is 11.9 Å². The molecule has 0 radical (unpaired) electrons. The van der Waals surface area contributed by atoms with Gasteiger partial charge in [0.05, 0.1) is 7.11 Å². The fourth-order valence-corrected chi connectivity index (χ4v) is 2.28. The molecule has 0 fully saturated rings. The van der Waals surface area contributed by atoms with Crippen LogP contribution in [0.2, 0.25) is 0 Å². The first-order valence-electron chi connectivity index (χ1n) is 8.32. The van der Waals surface area contributed by atoms with Gasteiger partial charge < -0.3 is 14.8 Å². The van der Waals surface area contributed by atoms with Gasteiger partial charge in [-0.05, 0) is 48.7 Å². The number of halogens is 1. The lowest BCUT2D eigenvalue weighted by Crippen LogP contribution is -2.35. The molecule has 0 spiro atoms. The summed E-state index contributed by atoms with van der Waals surface area (Å²) in [5, 5.41) is 2.72. The van der Waals surface area contributed by atoms with Gasteiger partial charge in [0.1, 0.15) is 11.6 Å². The van der Waals surface area contributed by atoms with E-state index in [2.05, 4.69) is 5.32 Å². The van der Waals surface area contributed by atoms with Crippen molar-refractivity contribution in [2.75, 3.05) is 7.11 Å². The van der Waals surface area contributed by atoms with Gasteiger partial charge in [-0.15, -0.1) is 0 Å². The van der Waals surface area contributed by atoms with Crippen LogP contribution in [-0.4, -0.2) is 25.1 Å². The highest BCUT2D eigenvalue weighted by Gasteiger charge is 2.17. The Bertz CT molecular complexity index is 728. The molecule has 0 aliphatic rings. The number of carbonyl (C=O) groups is 2. The van der Waals surface area contributed by atoms with Gasteiger partial charge in [0, 0.05) is 13.0 Å². The number of carbonyl (C=O) groups excluding carboxylic acids is 2. The molecule has 1 N–H and O–H groups in total. The average Bonchev–Trinajstić information content (AvgIpc) is 2.66. The first-order chi connectivity index (χ1) is 12.5. The molecule has 0 heterocycles. The quantitative estimate of drug-likeness (QED) is 0.736. The van der Waals surface area contributed by atoms with Crippen molar-refractivity contribution in [3.05, 3.63) is 65.5 Å². The molecule has 6 heteroatoms. The van der Waals surface area contributed by atoms with Gasteiger partial charge in [0.2, 0.25) is 0 Å². The molecular weight excluding hydrogens is 337 g/mol. The van der Waals surface area contributed by atoms with Crippen LogP contribution in [0.4, 0.5) is 4.39 Å². The normalized spacial score (nSPS) is 11.5. The van der Waals surface area contributed by atoms with Crippen molar-refractivity contribution in [2.45, 2.75) is 32.4 Å². The molecule has 5 nitrogen and oxygen atoms in total. The van der Waals surface area contributed by atoms with E-state index in [9.17, 15) is 14.0 Å². The van der Waals surface area contributed by atoms with Crippen LogP contribution in [0.3, 0.4) is 0 Å². The zero-order valence-corrected chi connectivity index (χ0v) is 14.8. The lowest BCUT2D eigenvalue weighted by atomic mass is 10.1. The topological polar surface area (TPSA) is 64.6 Å². The number of hydrogen-bond acceptors (Lipinski definition) is 4. The highest BCUT2D eigenvalue weighted by atomic mass is 19.1. The lowest BCUT2D eigenvalue weighted by Gasteiger charge is -2.14. The second kappa shape index (κ2) is 9.56. The number of rotatable bonds is 8. The molecule has 2 rings (SSSR count). The number of benzene rings is 2. The third-order valence-corrected chi connectivity index (χ3v) is 3.83. The zero-order chi connectivity index (χ0) is 18.9. The van der Waals surface area contributed by atoms with Crippen LogP contribution >= 0.6 is 0 Å². The number of amides is 1. The Labute approximate surface area is 152 Å². The molecule has 2 aromatic carbocycles. The molecule has 0 aliphatic carbocycles. The second-order valence-corrected chi connectivity index (χ2v) is 5.82. The number of methoxy groups -OCH3 is 1. The summed E-state index contributed by atoms with van der Waals surface area (Å²) in [6.45, 7) is 1.86. The highest BCUT2D eigenvalue weighted by molar-refractivity contribution is 5.83. The zero-order valence-electron chi connectivity index (χ0n) is 14.8. The molecule has 0 bridgehead atoms. The average molecular weight is 359 g/mol. The minimum absolute atomic E-state index is 0.127. The van der Waals surface area contributed by atoms with Crippen LogP contribution < -0.4 is 10.1 Å². The minimum Gasteiger partial charge on any atom is -0.497 e. The van der Waals surface area contributed by atoms with E-state index in [1.807, 2.05) is 12.1 Å². The maximum atomic E-state index is 12.8. The van der Waals surface area contributed by atoms with Crippen molar-refractivity contribution in [2.24, 2.45) is 0 Å². The lowest BCUT2D eigenvalue weighted by molar-refractivity contribution is -0.154. The summed E-state index contributed by atoms with van der Waals surface area (Å²) in [5.41, 5.74) is 1.74. The van der Waals surface area contributed by atoms with Gasteiger partial charge in [-0.1, -0.05) is 24.3 Å². The summed E-state index contributed by atoms with van der Waals surface area (Å²) in [7, 11) is 1.59. The van der Waals surface area contributed by atoms with Crippen LogP contribution in [0.25, 0.3) is 0 Å². The Kier molecular flexibility index (Phi) is 7.14. The van der Waals surface area contributed by atoms with Crippen molar-refractivity contribution in [1.29, 1.82) is 0 Å². The first kappa shape index (κ1) is 19.4. The Morgan fingerprint density at radius 1 is 1.04 bits per heavy atom. The van der Waals surface area contributed by atoms with Crippen molar-refractivity contribution in [1.82, 2.24) is 5.32 Å². The maximum absolute atomic E-state index is 12.8. The summed E-state index contributed by atoms with van der Waals surface area (Å²) < 4.78 is 23.0. The number of nitrogens with one attached hydrogen (secondary N) is 1. The van der Waals surface area contributed by atoms with E-state index in [1.54, 1.807) is 31.4 Å². The summed E-state index contributed by atoms with van der Waals surface area (Å²) >= 11 is 0. The highest BCUT2D eigenvalue weighted by Crippen LogP contribution is 2.11. The number of esters is 1. The Morgan fingerprint density at radius 3 is 2.27 bits per heavy atom. The molecule has 0 aromatic heterocycles. The molecule has 0 saturated carbocycles. The predicted molar refractivity (Wildman–Crippen MR) is 95.1 cm³/mol. The second-order valence-electron chi connectivity index (χ2n) is 5.82. The first-order valence-corrected chi connectivity index (χ1v) is 8.32. The summed E-state index contributed by atoms with van der Waals surface area (Å²) in [6.07, 6.45) is -0.324. The number of ether oxygens (including phenoxy) is 2. The Balaban J connectivity index is 1.72. The van der Waals surface area contributed by atoms with Gasteiger partial charge in [-0.2, -0.15) is 0 Å². The van der Waals surface area contributed by atoms with E-state index in [0.29, 0.717) is 13.0 Å². The van der Waals surface area contributed by atoms with E-state index < -0.39 is 12.1 Å². The van der Waals surface area contributed by atoms with Gasteiger partial charge >= 0.3 is 5.97 Å². The predicted octanol–water partition coefficient (Wildman–Crippen LogP) is 3.02. The SMILES string of the molecule is COc1ccc(CNC(=O)[C@H](C)OC(=O)CCc2ccc(F)cc2)cc1. The summed E-state index contributed by atoms with van der Waals surface area (Å²) in [5.74, 6) is -0.417. The molecule has 1 atom stereocenters. The molecule has 2 aromatic rings.